The van der Waals surface area contributed by atoms with Gasteiger partial charge in [0, 0.05) is 22.9 Å². The molecule has 0 spiro atoms. The molecule has 0 radical (unpaired) electrons. The first-order valence-electron chi connectivity index (χ1n) is 7.29. The molecule has 1 aromatic rings. The van der Waals surface area contributed by atoms with Crippen molar-refractivity contribution < 1.29 is 19.1 Å². The van der Waals surface area contributed by atoms with Crippen LogP contribution in [0, 0.1) is 0 Å². The molecule has 0 aromatic heterocycles. The van der Waals surface area contributed by atoms with E-state index in [1.54, 1.807) is 25.1 Å². The SMILES string of the molecule is C=CCOc1cc(Cl)c([C@H]2NC(=O)NC(C)=C2C(C)=O)cc1OC. The average Bonchev–Trinajstić information content (AvgIpc) is 2.51. The molecule has 128 valence electrons. The maximum Gasteiger partial charge on any atom is 0.319 e. The molecule has 1 atom stereocenters. The van der Waals surface area contributed by atoms with Crippen LogP contribution in [-0.4, -0.2) is 25.5 Å². The molecular formula is C17H19ClN2O4. The molecule has 0 aliphatic carbocycles. The number of ketones is 1. The van der Waals surface area contributed by atoms with Gasteiger partial charge >= 0.3 is 6.03 Å². The van der Waals surface area contributed by atoms with E-state index in [1.165, 1.54) is 14.0 Å². The van der Waals surface area contributed by atoms with E-state index in [0.717, 1.165) is 0 Å². The number of Topliss-reactive ketones (excluding diaryl/α,β-unsaturated/α-hetero) is 1. The molecule has 6 nitrogen and oxygen atoms in total. The van der Waals surface area contributed by atoms with Crippen LogP contribution in [0.3, 0.4) is 0 Å². The second kappa shape index (κ2) is 7.40. The topological polar surface area (TPSA) is 76.7 Å². The molecule has 1 aliphatic rings. The Bertz CT molecular complexity index is 728. The standard InChI is InChI=1S/C17H19ClN2O4/c1-5-6-24-14-8-12(18)11(7-13(14)23-4)16-15(10(3)21)9(2)19-17(22)20-16/h5,7-8,16H,1,6H2,2-4H3,(H2,19,20,22)/t16-/m1/s1. The summed E-state index contributed by atoms with van der Waals surface area (Å²) in [5.41, 5.74) is 1.50. The summed E-state index contributed by atoms with van der Waals surface area (Å²) < 4.78 is 10.8. The summed E-state index contributed by atoms with van der Waals surface area (Å²) >= 11 is 6.37. The Hall–Kier alpha value is -2.47. The van der Waals surface area contributed by atoms with E-state index in [0.29, 0.717) is 40.0 Å². The zero-order valence-corrected chi connectivity index (χ0v) is 14.5. The van der Waals surface area contributed by atoms with E-state index in [-0.39, 0.29) is 5.78 Å². The van der Waals surface area contributed by atoms with Crippen molar-refractivity contribution in [2.45, 2.75) is 19.9 Å². The van der Waals surface area contributed by atoms with Crippen LogP contribution in [-0.2, 0) is 4.79 Å². The summed E-state index contributed by atoms with van der Waals surface area (Å²) in [6, 6.07) is 2.20. The van der Waals surface area contributed by atoms with E-state index in [1.807, 2.05) is 0 Å². The summed E-state index contributed by atoms with van der Waals surface area (Å²) in [6.45, 7) is 7.01. The zero-order chi connectivity index (χ0) is 17.9. The molecular weight excluding hydrogens is 332 g/mol. The van der Waals surface area contributed by atoms with Crippen molar-refractivity contribution in [3.8, 4) is 11.5 Å². The monoisotopic (exact) mass is 350 g/mol. The molecule has 2 N–H and O–H groups in total. The van der Waals surface area contributed by atoms with Crippen LogP contribution in [0.2, 0.25) is 5.02 Å². The van der Waals surface area contributed by atoms with Gasteiger partial charge in [-0.15, -0.1) is 0 Å². The number of urea groups is 1. The van der Waals surface area contributed by atoms with Crippen LogP contribution < -0.4 is 20.1 Å². The van der Waals surface area contributed by atoms with E-state index < -0.39 is 12.1 Å². The predicted octanol–water partition coefficient (Wildman–Crippen LogP) is 3.13. The third-order valence-corrected chi connectivity index (χ3v) is 3.93. The zero-order valence-electron chi connectivity index (χ0n) is 13.7. The smallest absolute Gasteiger partial charge is 0.319 e. The van der Waals surface area contributed by atoms with Gasteiger partial charge in [-0.3, -0.25) is 4.79 Å². The third kappa shape index (κ3) is 3.54. The van der Waals surface area contributed by atoms with Gasteiger partial charge in [-0.05, 0) is 19.9 Å². The molecule has 1 heterocycles. The number of carbonyl (C=O) groups excluding carboxylic acids is 2. The highest BCUT2D eigenvalue weighted by Gasteiger charge is 2.31. The van der Waals surface area contributed by atoms with Gasteiger partial charge in [-0.1, -0.05) is 24.3 Å². The molecule has 2 amide bonds. The minimum absolute atomic E-state index is 0.160. The highest BCUT2D eigenvalue weighted by atomic mass is 35.5. The number of allylic oxidation sites excluding steroid dienone is 1. The Morgan fingerprint density at radius 2 is 2.12 bits per heavy atom. The summed E-state index contributed by atoms with van der Waals surface area (Å²) in [6.07, 6.45) is 1.61. The lowest BCUT2D eigenvalue weighted by atomic mass is 9.92. The van der Waals surface area contributed by atoms with E-state index >= 15 is 0 Å². The molecule has 1 aromatic carbocycles. The lowest BCUT2D eigenvalue weighted by Gasteiger charge is -2.29. The Morgan fingerprint density at radius 1 is 1.42 bits per heavy atom. The highest BCUT2D eigenvalue weighted by Crippen LogP contribution is 2.39. The number of hydrogen-bond donors (Lipinski definition) is 2. The fraction of sp³-hybridized carbons (Fsp3) is 0.294. The van der Waals surface area contributed by atoms with Crippen LogP contribution in [0.5, 0.6) is 11.5 Å². The number of benzene rings is 1. The lowest BCUT2D eigenvalue weighted by molar-refractivity contribution is -0.114. The van der Waals surface area contributed by atoms with Gasteiger partial charge in [0.05, 0.1) is 18.2 Å². The van der Waals surface area contributed by atoms with Crippen molar-refractivity contribution in [1.29, 1.82) is 0 Å². The number of amides is 2. The number of hydrogen-bond acceptors (Lipinski definition) is 4. The first kappa shape index (κ1) is 17.9. The fourth-order valence-corrected chi connectivity index (χ4v) is 2.85. The van der Waals surface area contributed by atoms with Gasteiger partial charge in [0.25, 0.3) is 0 Å². The minimum Gasteiger partial charge on any atom is -0.493 e. The molecule has 7 heteroatoms. The van der Waals surface area contributed by atoms with Gasteiger partial charge < -0.3 is 20.1 Å². The van der Waals surface area contributed by atoms with Crippen molar-refractivity contribution in [2.75, 3.05) is 13.7 Å². The molecule has 0 saturated heterocycles. The van der Waals surface area contributed by atoms with Gasteiger partial charge in [-0.25, -0.2) is 4.79 Å². The van der Waals surface area contributed by atoms with Crippen molar-refractivity contribution in [3.63, 3.8) is 0 Å². The van der Waals surface area contributed by atoms with Crippen molar-refractivity contribution in [2.24, 2.45) is 0 Å². The molecule has 0 bridgehead atoms. The van der Waals surface area contributed by atoms with Crippen LogP contribution in [0.15, 0.2) is 36.1 Å². The Morgan fingerprint density at radius 3 is 2.71 bits per heavy atom. The normalized spacial score (nSPS) is 17.0. The van der Waals surface area contributed by atoms with Crippen molar-refractivity contribution >= 4 is 23.4 Å². The van der Waals surface area contributed by atoms with Gasteiger partial charge in [-0.2, -0.15) is 0 Å². The van der Waals surface area contributed by atoms with Gasteiger partial charge in [0.2, 0.25) is 0 Å². The second-order valence-corrected chi connectivity index (χ2v) is 5.66. The Kier molecular flexibility index (Phi) is 5.51. The number of nitrogens with one attached hydrogen (secondary N) is 2. The fourth-order valence-electron chi connectivity index (χ4n) is 2.59. The maximum atomic E-state index is 12.0. The van der Waals surface area contributed by atoms with E-state index in [2.05, 4.69) is 17.2 Å². The third-order valence-electron chi connectivity index (χ3n) is 3.60. The molecule has 0 unspecified atom stereocenters. The minimum atomic E-state index is -0.661. The molecule has 24 heavy (non-hydrogen) atoms. The van der Waals surface area contributed by atoms with Crippen molar-refractivity contribution in [1.82, 2.24) is 10.6 Å². The van der Waals surface area contributed by atoms with E-state index in [4.69, 9.17) is 21.1 Å². The number of rotatable bonds is 6. The Labute approximate surface area is 145 Å². The van der Waals surface area contributed by atoms with Gasteiger partial charge in [0.15, 0.2) is 17.3 Å². The molecule has 1 aliphatic heterocycles. The summed E-state index contributed by atoms with van der Waals surface area (Å²) in [5, 5.41) is 5.68. The quantitative estimate of drug-likeness (QED) is 0.773. The van der Waals surface area contributed by atoms with Crippen LogP contribution >= 0.6 is 11.6 Å². The summed E-state index contributed by atoms with van der Waals surface area (Å²) in [4.78, 5) is 23.8. The number of carbonyl (C=O) groups is 2. The average molecular weight is 351 g/mol. The maximum absolute atomic E-state index is 12.0. The highest BCUT2D eigenvalue weighted by molar-refractivity contribution is 6.31. The van der Waals surface area contributed by atoms with Crippen LogP contribution in [0.1, 0.15) is 25.5 Å². The van der Waals surface area contributed by atoms with Gasteiger partial charge in [0.1, 0.15) is 6.61 Å². The first-order chi connectivity index (χ1) is 11.4. The van der Waals surface area contributed by atoms with Crippen LogP contribution in [0.25, 0.3) is 0 Å². The second-order valence-electron chi connectivity index (χ2n) is 5.25. The van der Waals surface area contributed by atoms with Crippen molar-refractivity contribution in [3.05, 3.63) is 46.6 Å². The predicted molar refractivity (Wildman–Crippen MR) is 91.5 cm³/mol. The molecule has 0 saturated carbocycles. The largest absolute Gasteiger partial charge is 0.493 e. The number of ether oxygens (including phenoxy) is 2. The number of methoxy groups -OCH3 is 1. The summed E-state index contributed by atoms with van der Waals surface area (Å²) in [5.74, 6) is 0.744. The first-order valence-corrected chi connectivity index (χ1v) is 7.67. The lowest BCUT2D eigenvalue weighted by Crippen LogP contribution is -2.44. The Balaban J connectivity index is 2.54. The van der Waals surface area contributed by atoms with Crippen LogP contribution in [0.4, 0.5) is 4.79 Å². The number of halogens is 1. The summed E-state index contributed by atoms with van der Waals surface area (Å²) in [7, 11) is 1.50. The molecule has 0 fully saturated rings. The van der Waals surface area contributed by atoms with E-state index in [9.17, 15) is 9.59 Å². The molecule has 2 rings (SSSR count).